The lowest BCUT2D eigenvalue weighted by atomic mass is 9.98. The Kier molecular flexibility index (Phi) is 9.19. The summed E-state index contributed by atoms with van der Waals surface area (Å²) < 4.78 is 27.9. The average molecular weight is 567 g/mol. The zero-order valence-electron chi connectivity index (χ0n) is 21.9. The van der Waals surface area contributed by atoms with E-state index >= 15 is 0 Å². The summed E-state index contributed by atoms with van der Waals surface area (Å²) in [5.41, 5.74) is 2.60. The van der Waals surface area contributed by atoms with E-state index in [4.69, 9.17) is 35.3 Å². The van der Waals surface area contributed by atoms with Crippen molar-refractivity contribution >= 4 is 35.5 Å². The lowest BCUT2D eigenvalue weighted by molar-refractivity contribution is -0.199. The quantitative estimate of drug-likeness (QED) is 0.273. The molecule has 0 N–H and O–H groups in total. The third-order valence-electron chi connectivity index (χ3n) is 6.05. The minimum Gasteiger partial charge on any atom is -0.455 e. The van der Waals surface area contributed by atoms with Crippen molar-refractivity contribution in [3.63, 3.8) is 0 Å². The van der Waals surface area contributed by atoms with Gasteiger partial charge in [0, 0.05) is 25.8 Å². The summed E-state index contributed by atoms with van der Waals surface area (Å²) in [6.07, 6.45) is -6.41. The van der Waals surface area contributed by atoms with Crippen molar-refractivity contribution in [1.29, 1.82) is 0 Å². The molecule has 4 rings (SSSR count). The Morgan fingerprint density at radius 1 is 0.700 bits per heavy atom. The van der Waals surface area contributed by atoms with Gasteiger partial charge in [0.25, 0.3) is 0 Å². The molecule has 40 heavy (non-hydrogen) atoms. The van der Waals surface area contributed by atoms with Crippen LogP contribution in [0.2, 0.25) is 5.02 Å². The Balaban J connectivity index is 1.68. The Bertz CT molecular complexity index is 1360. The molecule has 0 spiro atoms. The summed E-state index contributed by atoms with van der Waals surface area (Å²) in [4.78, 5) is 49.1. The first kappa shape index (κ1) is 28.8. The number of rotatable bonds is 8. The number of hydrogen-bond acceptors (Lipinski definition) is 9. The van der Waals surface area contributed by atoms with Gasteiger partial charge in [0.1, 0.15) is 6.10 Å². The van der Waals surface area contributed by atoms with Gasteiger partial charge in [-0.15, -0.1) is 0 Å². The average Bonchev–Trinajstić information content (AvgIpc) is 3.22. The number of ether oxygens (including phenoxy) is 5. The van der Waals surface area contributed by atoms with Crippen molar-refractivity contribution in [3.8, 4) is 11.1 Å². The maximum atomic E-state index is 13.4. The number of esters is 4. The van der Waals surface area contributed by atoms with Gasteiger partial charge in [-0.3, -0.25) is 14.4 Å². The number of carbonyl (C=O) groups is 4. The van der Waals surface area contributed by atoms with Crippen molar-refractivity contribution in [2.45, 2.75) is 51.5 Å². The zero-order valence-corrected chi connectivity index (χ0v) is 22.7. The van der Waals surface area contributed by atoms with E-state index < -0.39 is 54.6 Å². The van der Waals surface area contributed by atoms with Crippen LogP contribution in [0.25, 0.3) is 11.1 Å². The van der Waals surface area contributed by atoms with Gasteiger partial charge in [0.05, 0.1) is 5.56 Å². The van der Waals surface area contributed by atoms with Gasteiger partial charge in [-0.05, 0) is 41.0 Å². The van der Waals surface area contributed by atoms with Crippen molar-refractivity contribution in [2.75, 3.05) is 0 Å². The van der Waals surface area contributed by atoms with Crippen LogP contribution in [0.4, 0.5) is 0 Å². The van der Waals surface area contributed by atoms with Gasteiger partial charge >= 0.3 is 23.9 Å². The van der Waals surface area contributed by atoms with Crippen LogP contribution in [-0.2, 0) is 38.1 Å². The van der Waals surface area contributed by atoms with Crippen LogP contribution in [0.5, 0.6) is 0 Å². The maximum absolute atomic E-state index is 13.4. The summed E-state index contributed by atoms with van der Waals surface area (Å²) in [6.45, 7) is 3.47. The predicted molar refractivity (Wildman–Crippen MR) is 143 cm³/mol. The van der Waals surface area contributed by atoms with E-state index in [0.717, 1.165) is 25.0 Å². The minimum atomic E-state index is -1.42. The molecule has 3 aromatic rings. The molecule has 1 saturated heterocycles. The fourth-order valence-electron chi connectivity index (χ4n) is 4.38. The number of carbonyl (C=O) groups excluding carboxylic acids is 4. The van der Waals surface area contributed by atoms with Gasteiger partial charge in [-0.25, -0.2) is 4.79 Å². The van der Waals surface area contributed by atoms with Crippen LogP contribution in [0, 0.1) is 0 Å². The van der Waals surface area contributed by atoms with Gasteiger partial charge < -0.3 is 23.7 Å². The van der Waals surface area contributed by atoms with E-state index in [1.54, 1.807) is 48.5 Å². The van der Waals surface area contributed by atoms with Crippen LogP contribution < -0.4 is 0 Å². The summed E-state index contributed by atoms with van der Waals surface area (Å²) >= 11 is 6.08. The Morgan fingerprint density at radius 2 is 1.25 bits per heavy atom. The van der Waals surface area contributed by atoms with Crippen LogP contribution in [-0.4, -0.2) is 48.5 Å². The molecular formula is C30H27ClO9. The van der Waals surface area contributed by atoms with E-state index in [-0.39, 0.29) is 5.56 Å². The molecule has 0 radical (unpaired) electrons. The van der Waals surface area contributed by atoms with Gasteiger partial charge in [-0.2, -0.15) is 0 Å². The van der Waals surface area contributed by atoms with Gasteiger partial charge in [0.15, 0.2) is 12.2 Å². The molecule has 9 nitrogen and oxygen atoms in total. The number of halogens is 1. The highest BCUT2D eigenvalue weighted by Gasteiger charge is 2.55. The Morgan fingerprint density at radius 3 is 1.82 bits per heavy atom. The van der Waals surface area contributed by atoms with E-state index in [1.165, 1.54) is 6.92 Å². The molecule has 0 amide bonds. The van der Waals surface area contributed by atoms with Gasteiger partial charge in [-0.1, -0.05) is 66.2 Å². The highest BCUT2D eigenvalue weighted by atomic mass is 35.5. The van der Waals surface area contributed by atoms with E-state index in [9.17, 15) is 19.2 Å². The van der Waals surface area contributed by atoms with Gasteiger partial charge in [0.2, 0.25) is 12.4 Å². The molecule has 1 aliphatic rings. The molecule has 0 saturated carbocycles. The van der Waals surface area contributed by atoms with E-state index in [0.29, 0.717) is 10.6 Å². The Hall–Kier alpha value is -4.21. The highest BCUT2D eigenvalue weighted by Crippen LogP contribution is 2.38. The highest BCUT2D eigenvalue weighted by molar-refractivity contribution is 6.30. The first-order valence-electron chi connectivity index (χ1n) is 12.4. The summed E-state index contributed by atoms with van der Waals surface area (Å²) in [5, 5.41) is 0.435. The van der Waals surface area contributed by atoms with E-state index in [2.05, 4.69) is 0 Å². The molecule has 10 heteroatoms. The Labute approximate surface area is 235 Å². The first-order chi connectivity index (χ1) is 19.1. The molecular weight excluding hydrogens is 540 g/mol. The molecule has 1 unspecified atom stereocenters. The van der Waals surface area contributed by atoms with Crippen LogP contribution in [0.15, 0.2) is 78.9 Å². The molecule has 0 aliphatic carbocycles. The van der Waals surface area contributed by atoms with Crippen LogP contribution in [0.1, 0.15) is 42.8 Å². The largest absolute Gasteiger partial charge is 0.455 e. The second-order valence-corrected chi connectivity index (χ2v) is 9.48. The van der Waals surface area contributed by atoms with Crippen LogP contribution >= 0.6 is 11.6 Å². The second-order valence-electron chi connectivity index (χ2n) is 9.05. The molecule has 0 bridgehead atoms. The smallest absolute Gasteiger partial charge is 0.338 e. The lowest BCUT2D eigenvalue weighted by Gasteiger charge is -2.28. The standard InChI is InChI=1S/C30H27ClO9/c1-17(32)36-27-26(40-30(38-19(3)34)28(27)37-18(2)33)25(22-13-15-24(31)16-14-22)39-29(35)23-11-9-21(10-12-23)20-7-5-4-6-8-20/h4-16,25-28,30H,1-3H3/t25-,26-,27-,28-,30?/m1/s1. The second kappa shape index (κ2) is 12.8. The molecule has 1 fully saturated rings. The number of hydrogen-bond donors (Lipinski definition) is 0. The fraction of sp³-hybridized carbons (Fsp3) is 0.267. The summed E-state index contributed by atoms with van der Waals surface area (Å²) in [7, 11) is 0. The third kappa shape index (κ3) is 7.05. The molecule has 5 atom stereocenters. The molecule has 1 aliphatic heterocycles. The first-order valence-corrected chi connectivity index (χ1v) is 12.8. The zero-order chi connectivity index (χ0) is 28.8. The SMILES string of the molecule is CC(=O)OC1O[C@H]([C@H](OC(=O)c2ccc(-c3ccccc3)cc2)c2ccc(Cl)cc2)[C@@H](OC(C)=O)[C@H]1OC(C)=O. The minimum absolute atomic E-state index is 0.258. The topological polar surface area (TPSA) is 114 Å². The van der Waals surface area contributed by atoms with Crippen molar-refractivity contribution in [3.05, 3.63) is 95.0 Å². The normalized spacial score (nSPS) is 20.7. The van der Waals surface area contributed by atoms with Crippen LogP contribution in [0.3, 0.4) is 0 Å². The van der Waals surface area contributed by atoms with E-state index in [1.807, 2.05) is 30.3 Å². The maximum Gasteiger partial charge on any atom is 0.338 e. The number of benzene rings is 3. The monoisotopic (exact) mass is 566 g/mol. The molecule has 3 aromatic carbocycles. The summed E-state index contributed by atoms with van der Waals surface area (Å²) in [5.74, 6) is -2.84. The lowest BCUT2D eigenvalue weighted by Crippen LogP contribution is -2.43. The van der Waals surface area contributed by atoms with Crippen molar-refractivity contribution in [2.24, 2.45) is 0 Å². The van der Waals surface area contributed by atoms with Crippen molar-refractivity contribution in [1.82, 2.24) is 0 Å². The fourth-order valence-corrected chi connectivity index (χ4v) is 4.51. The molecule has 0 aromatic heterocycles. The molecule has 1 heterocycles. The van der Waals surface area contributed by atoms with Crippen molar-refractivity contribution < 1.29 is 42.9 Å². The third-order valence-corrected chi connectivity index (χ3v) is 6.30. The molecule has 208 valence electrons. The predicted octanol–water partition coefficient (Wildman–Crippen LogP) is 5.06. The summed E-state index contributed by atoms with van der Waals surface area (Å²) in [6, 6.07) is 22.9.